The second-order valence-corrected chi connectivity index (χ2v) is 6.14. The Hall–Kier alpha value is -3.46. The number of hydrogen-bond acceptors (Lipinski definition) is 7. The summed E-state index contributed by atoms with van der Waals surface area (Å²) in [6, 6.07) is 9.41. The first-order valence-electron chi connectivity index (χ1n) is 7.37. The highest BCUT2D eigenvalue weighted by molar-refractivity contribution is 8.25. The quantitative estimate of drug-likeness (QED) is 0.824. The summed E-state index contributed by atoms with van der Waals surface area (Å²) in [7, 11) is 0. The summed E-state index contributed by atoms with van der Waals surface area (Å²) in [5, 5.41) is 24.7. The molecular weight excluding hydrogens is 356 g/mol. The summed E-state index contributed by atoms with van der Waals surface area (Å²) in [6.07, 6.45) is 1.41. The molecule has 9 heteroatoms. The maximum Gasteiger partial charge on any atom is 0.283 e. The zero-order chi connectivity index (χ0) is 18.3. The van der Waals surface area contributed by atoms with Crippen LogP contribution in [-0.4, -0.2) is 33.4 Å². The number of amidine groups is 2. The SMILES string of the molecule is N=C1/C(=C\c2ccc(-c3cccc(C(=O)[O-])c3)o2)C(=O)N=C2SC=NN12. The number of thioether (sulfide) groups is 1. The Morgan fingerprint density at radius 1 is 1.31 bits per heavy atom. The average Bonchev–Trinajstić information content (AvgIpc) is 3.28. The van der Waals surface area contributed by atoms with Gasteiger partial charge < -0.3 is 14.3 Å². The predicted molar refractivity (Wildman–Crippen MR) is 94.5 cm³/mol. The van der Waals surface area contributed by atoms with Crippen molar-refractivity contribution < 1.29 is 19.1 Å². The van der Waals surface area contributed by atoms with Gasteiger partial charge in [-0.3, -0.25) is 10.2 Å². The molecule has 26 heavy (non-hydrogen) atoms. The average molecular weight is 365 g/mol. The molecule has 4 rings (SSSR count). The molecule has 2 aliphatic heterocycles. The Bertz CT molecular complexity index is 1050. The van der Waals surface area contributed by atoms with Gasteiger partial charge in [-0.2, -0.15) is 15.1 Å². The molecule has 8 nitrogen and oxygen atoms in total. The van der Waals surface area contributed by atoms with Gasteiger partial charge in [0.1, 0.15) is 11.5 Å². The predicted octanol–water partition coefficient (Wildman–Crippen LogP) is 1.56. The van der Waals surface area contributed by atoms with Crippen molar-refractivity contribution in [1.82, 2.24) is 5.01 Å². The van der Waals surface area contributed by atoms with Crippen LogP contribution < -0.4 is 5.11 Å². The van der Waals surface area contributed by atoms with Crippen LogP contribution in [-0.2, 0) is 4.79 Å². The molecule has 0 saturated carbocycles. The van der Waals surface area contributed by atoms with Crippen molar-refractivity contribution in [3.8, 4) is 11.3 Å². The number of furan rings is 1. The summed E-state index contributed by atoms with van der Waals surface area (Å²) in [4.78, 5) is 27.0. The third kappa shape index (κ3) is 2.74. The minimum atomic E-state index is -1.28. The van der Waals surface area contributed by atoms with Crippen LogP contribution in [0.25, 0.3) is 17.4 Å². The second-order valence-electron chi connectivity index (χ2n) is 5.33. The van der Waals surface area contributed by atoms with Crippen LogP contribution in [0.1, 0.15) is 16.1 Å². The Kier molecular flexibility index (Phi) is 3.77. The van der Waals surface area contributed by atoms with Crippen molar-refractivity contribution in [3.63, 3.8) is 0 Å². The van der Waals surface area contributed by atoms with E-state index in [9.17, 15) is 14.7 Å². The molecule has 2 aliphatic rings. The minimum Gasteiger partial charge on any atom is -0.545 e. The van der Waals surface area contributed by atoms with Gasteiger partial charge >= 0.3 is 0 Å². The number of carboxylic acids is 1. The number of carbonyl (C=O) groups is 2. The van der Waals surface area contributed by atoms with Gasteiger partial charge in [-0.1, -0.05) is 18.2 Å². The molecule has 0 bridgehead atoms. The maximum atomic E-state index is 12.1. The largest absolute Gasteiger partial charge is 0.545 e. The molecule has 0 radical (unpaired) electrons. The molecule has 1 N–H and O–H groups in total. The van der Waals surface area contributed by atoms with Crippen LogP contribution in [0.2, 0.25) is 0 Å². The van der Waals surface area contributed by atoms with Crippen LogP contribution in [0.4, 0.5) is 0 Å². The number of hydrazone groups is 1. The van der Waals surface area contributed by atoms with Crippen LogP contribution >= 0.6 is 11.8 Å². The molecule has 3 heterocycles. The first-order valence-corrected chi connectivity index (χ1v) is 8.25. The number of nitrogens with zero attached hydrogens (tertiary/aromatic N) is 3. The first-order chi connectivity index (χ1) is 12.5. The molecule has 0 saturated heterocycles. The maximum absolute atomic E-state index is 12.1. The van der Waals surface area contributed by atoms with Crippen LogP contribution in [0.3, 0.4) is 0 Å². The Labute approximate surface area is 151 Å². The molecule has 0 fully saturated rings. The van der Waals surface area contributed by atoms with Gasteiger partial charge in [-0.25, -0.2) is 0 Å². The third-order valence-electron chi connectivity index (χ3n) is 3.69. The molecule has 0 atom stereocenters. The molecule has 0 unspecified atom stereocenters. The van der Waals surface area contributed by atoms with E-state index in [1.807, 2.05) is 0 Å². The van der Waals surface area contributed by atoms with Gasteiger partial charge in [0.05, 0.1) is 17.1 Å². The van der Waals surface area contributed by atoms with Crippen molar-refractivity contribution in [2.75, 3.05) is 0 Å². The van der Waals surface area contributed by atoms with Crippen molar-refractivity contribution >= 4 is 46.3 Å². The fraction of sp³-hybridized carbons (Fsp3) is 0. The molecule has 0 spiro atoms. The number of aromatic carboxylic acids is 1. The molecule has 1 aromatic heterocycles. The van der Waals surface area contributed by atoms with Crippen LogP contribution in [0, 0.1) is 5.41 Å². The number of carbonyl (C=O) groups excluding carboxylic acids is 2. The number of carboxylic acid groups (broad SMARTS) is 1. The molecule has 1 amide bonds. The minimum absolute atomic E-state index is 0.0364. The normalized spacial score (nSPS) is 17.6. The van der Waals surface area contributed by atoms with E-state index in [1.54, 1.807) is 24.3 Å². The summed E-state index contributed by atoms with van der Waals surface area (Å²) in [5.74, 6) is -1.15. The van der Waals surface area contributed by atoms with Gasteiger partial charge in [-0.05, 0) is 41.6 Å². The molecule has 2 aromatic rings. The van der Waals surface area contributed by atoms with Crippen molar-refractivity contribution in [2.24, 2.45) is 10.1 Å². The van der Waals surface area contributed by atoms with E-state index in [-0.39, 0.29) is 17.0 Å². The fourth-order valence-electron chi connectivity index (χ4n) is 2.46. The zero-order valence-electron chi connectivity index (χ0n) is 13.0. The second kappa shape index (κ2) is 6.12. The number of benzene rings is 1. The summed E-state index contributed by atoms with van der Waals surface area (Å²) >= 11 is 1.17. The monoisotopic (exact) mass is 365 g/mol. The van der Waals surface area contributed by atoms with E-state index < -0.39 is 11.9 Å². The van der Waals surface area contributed by atoms with Crippen LogP contribution in [0.5, 0.6) is 0 Å². The van der Waals surface area contributed by atoms with E-state index in [2.05, 4.69) is 10.1 Å². The molecular formula is C17H9N4O4S-. The van der Waals surface area contributed by atoms with Gasteiger partial charge in [0.15, 0.2) is 11.0 Å². The topological polar surface area (TPSA) is 122 Å². The summed E-state index contributed by atoms with van der Waals surface area (Å²) in [6.45, 7) is 0. The summed E-state index contributed by atoms with van der Waals surface area (Å²) < 4.78 is 5.67. The lowest BCUT2D eigenvalue weighted by atomic mass is 10.1. The lowest BCUT2D eigenvalue weighted by molar-refractivity contribution is -0.255. The van der Waals surface area contributed by atoms with E-state index >= 15 is 0 Å². The van der Waals surface area contributed by atoms with Crippen molar-refractivity contribution in [2.45, 2.75) is 0 Å². The van der Waals surface area contributed by atoms with Crippen molar-refractivity contribution in [1.29, 1.82) is 5.41 Å². The highest BCUT2D eigenvalue weighted by Crippen LogP contribution is 2.27. The third-order valence-corrected chi connectivity index (χ3v) is 4.37. The van der Waals surface area contributed by atoms with Gasteiger partial charge in [-0.15, -0.1) is 0 Å². The van der Waals surface area contributed by atoms with Gasteiger partial charge in [0, 0.05) is 5.56 Å². The van der Waals surface area contributed by atoms with E-state index in [1.165, 1.54) is 40.5 Å². The lowest BCUT2D eigenvalue weighted by Gasteiger charge is -2.19. The van der Waals surface area contributed by atoms with Crippen molar-refractivity contribution in [3.05, 3.63) is 53.3 Å². The Morgan fingerprint density at radius 2 is 2.15 bits per heavy atom. The number of aliphatic imine (C=N–C) groups is 1. The fourth-order valence-corrected chi connectivity index (χ4v) is 3.07. The van der Waals surface area contributed by atoms with E-state index in [0.29, 0.717) is 22.3 Å². The molecule has 128 valence electrons. The molecule has 0 aliphatic carbocycles. The van der Waals surface area contributed by atoms with E-state index in [4.69, 9.17) is 9.83 Å². The van der Waals surface area contributed by atoms with Gasteiger partial charge in [0.25, 0.3) is 5.91 Å². The first kappa shape index (κ1) is 16.0. The highest BCUT2D eigenvalue weighted by Gasteiger charge is 2.32. The molecule has 1 aromatic carbocycles. The van der Waals surface area contributed by atoms with Gasteiger partial charge in [0.2, 0.25) is 0 Å². The number of nitrogens with one attached hydrogen (secondary N) is 1. The highest BCUT2D eigenvalue weighted by atomic mass is 32.2. The van der Waals surface area contributed by atoms with Crippen LogP contribution in [0.15, 0.2) is 56.5 Å². The number of amides is 1. The number of rotatable bonds is 3. The lowest BCUT2D eigenvalue weighted by Crippen LogP contribution is -2.35. The number of fused-ring (bicyclic) bond motifs is 1. The smallest absolute Gasteiger partial charge is 0.283 e. The number of hydrogen-bond donors (Lipinski definition) is 1. The Morgan fingerprint density at radius 3 is 2.96 bits per heavy atom. The van der Waals surface area contributed by atoms with E-state index in [0.717, 1.165) is 0 Å². The Balaban J connectivity index is 1.67. The zero-order valence-corrected chi connectivity index (χ0v) is 13.8. The summed E-state index contributed by atoms with van der Waals surface area (Å²) in [5.41, 5.74) is 2.15. The standard InChI is InChI=1S/C17H10N4O4S/c18-14-12(15(22)20-17-21(14)19-8-26-17)7-11-4-5-13(25-11)9-2-1-3-10(6-9)16(23)24/h1-8,18H,(H,23,24)/p-1/b12-7+,18-14?.